The summed E-state index contributed by atoms with van der Waals surface area (Å²) in [5.74, 6) is -0.644. The maximum Gasteiger partial charge on any atom is 0.270 e. The first-order chi connectivity index (χ1) is 8.88. The molecular formula is C10H17N5O3S. The van der Waals surface area contributed by atoms with E-state index in [1.165, 1.54) is 21.4 Å². The van der Waals surface area contributed by atoms with E-state index in [9.17, 15) is 13.2 Å². The van der Waals surface area contributed by atoms with Gasteiger partial charge in [0.2, 0.25) is 10.0 Å². The predicted octanol–water partition coefficient (Wildman–Crippen LogP) is -0.809. The molecule has 0 aliphatic carbocycles. The van der Waals surface area contributed by atoms with Crippen LogP contribution in [-0.4, -0.2) is 52.5 Å². The fourth-order valence-electron chi connectivity index (χ4n) is 2.31. The van der Waals surface area contributed by atoms with Gasteiger partial charge in [0.25, 0.3) is 5.91 Å². The Morgan fingerprint density at radius 2 is 2.26 bits per heavy atom. The fraction of sp³-hybridized carbons (Fsp3) is 0.700. The minimum absolute atomic E-state index is 0.0849. The van der Waals surface area contributed by atoms with Gasteiger partial charge < -0.3 is 5.73 Å². The molecule has 1 aromatic heterocycles. The van der Waals surface area contributed by atoms with Gasteiger partial charge in [-0.05, 0) is 12.8 Å². The van der Waals surface area contributed by atoms with Gasteiger partial charge in [-0.25, -0.2) is 8.42 Å². The zero-order valence-corrected chi connectivity index (χ0v) is 11.5. The van der Waals surface area contributed by atoms with Crippen LogP contribution >= 0.6 is 0 Å². The number of nitrogens with zero attached hydrogens (tertiary/aromatic N) is 4. The van der Waals surface area contributed by atoms with E-state index in [0.717, 1.165) is 19.3 Å². The van der Waals surface area contributed by atoms with Crippen LogP contribution in [0.15, 0.2) is 6.20 Å². The van der Waals surface area contributed by atoms with Crippen molar-refractivity contribution in [3.05, 3.63) is 11.9 Å². The summed E-state index contributed by atoms with van der Waals surface area (Å²) in [5, 5.41) is 7.43. The van der Waals surface area contributed by atoms with E-state index in [4.69, 9.17) is 5.73 Å². The molecule has 106 valence electrons. The Morgan fingerprint density at radius 3 is 2.84 bits per heavy atom. The molecule has 1 fully saturated rings. The molecular weight excluding hydrogens is 270 g/mol. The SMILES string of the molecule is CS(=O)(=O)N1CCCC[C@@H]1Cn1cc(C(N)=O)nn1. The Bertz CT molecular complexity index is 567. The third-order valence-electron chi connectivity index (χ3n) is 3.19. The van der Waals surface area contributed by atoms with Gasteiger partial charge >= 0.3 is 0 Å². The van der Waals surface area contributed by atoms with Crippen LogP contribution in [0.3, 0.4) is 0 Å². The number of piperidine rings is 1. The summed E-state index contributed by atoms with van der Waals surface area (Å²) in [6.45, 7) is 0.911. The number of carbonyl (C=O) groups is 1. The lowest BCUT2D eigenvalue weighted by molar-refractivity contribution is 0.0995. The molecule has 0 unspecified atom stereocenters. The third kappa shape index (κ3) is 3.29. The van der Waals surface area contributed by atoms with Gasteiger partial charge in [0, 0.05) is 12.6 Å². The third-order valence-corrected chi connectivity index (χ3v) is 4.52. The van der Waals surface area contributed by atoms with E-state index in [0.29, 0.717) is 13.1 Å². The smallest absolute Gasteiger partial charge is 0.270 e. The van der Waals surface area contributed by atoms with E-state index >= 15 is 0 Å². The largest absolute Gasteiger partial charge is 0.364 e. The van der Waals surface area contributed by atoms with Gasteiger partial charge in [-0.1, -0.05) is 11.6 Å². The van der Waals surface area contributed by atoms with Crippen molar-refractivity contribution in [1.82, 2.24) is 19.3 Å². The summed E-state index contributed by atoms with van der Waals surface area (Å²) < 4.78 is 26.4. The van der Waals surface area contributed by atoms with Crippen LogP contribution in [0.4, 0.5) is 0 Å². The Labute approximate surface area is 111 Å². The highest BCUT2D eigenvalue weighted by molar-refractivity contribution is 7.88. The molecule has 1 amide bonds. The standard InChI is InChI=1S/C10H17N5O3S/c1-19(17,18)15-5-3-2-4-8(15)6-14-7-9(10(11)16)12-13-14/h7-8H,2-6H2,1H3,(H2,11,16)/t8-/m1/s1. The van der Waals surface area contributed by atoms with Crippen LogP contribution in [0, 0.1) is 0 Å². The maximum absolute atomic E-state index is 11.7. The fourth-order valence-corrected chi connectivity index (χ4v) is 3.48. The molecule has 1 saturated heterocycles. The van der Waals surface area contributed by atoms with E-state index in [1.807, 2.05) is 0 Å². The molecule has 2 heterocycles. The molecule has 1 aliphatic heterocycles. The highest BCUT2D eigenvalue weighted by Gasteiger charge is 2.29. The lowest BCUT2D eigenvalue weighted by atomic mass is 10.1. The molecule has 19 heavy (non-hydrogen) atoms. The number of hydrogen-bond acceptors (Lipinski definition) is 5. The van der Waals surface area contributed by atoms with E-state index in [-0.39, 0.29) is 11.7 Å². The highest BCUT2D eigenvalue weighted by atomic mass is 32.2. The van der Waals surface area contributed by atoms with Crippen molar-refractivity contribution in [1.29, 1.82) is 0 Å². The van der Waals surface area contributed by atoms with Crippen LogP contribution in [0.25, 0.3) is 0 Å². The van der Waals surface area contributed by atoms with E-state index in [1.54, 1.807) is 0 Å². The Balaban J connectivity index is 2.13. The van der Waals surface area contributed by atoms with Gasteiger partial charge in [-0.2, -0.15) is 4.31 Å². The zero-order chi connectivity index (χ0) is 14.0. The molecule has 1 atom stereocenters. The van der Waals surface area contributed by atoms with Crippen molar-refractivity contribution < 1.29 is 13.2 Å². The van der Waals surface area contributed by atoms with Gasteiger partial charge in [0.1, 0.15) is 0 Å². The number of hydrogen-bond donors (Lipinski definition) is 1. The van der Waals surface area contributed by atoms with Crippen molar-refractivity contribution in [2.24, 2.45) is 5.73 Å². The highest BCUT2D eigenvalue weighted by Crippen LogP contribution is 2.20. The summed E-state index contributed by atoms with van der Waals surface area (Å²) in [7, 11) is -3.22. The van der Waals surface area contributed by atoms with Gasteiger partial charge in [0.05, 0.1) is 19.0 Å². The molecule has 0 saturated carbocycles. The molecule has 9 heteroatoms. The average molecular weight is 287 g/mol. The molecule has 2 rings (SSSR count). The summed E-state index contributed by atoms with van der Waals surface area (Å²) in [6, 6.07) is -0.147. The lowest BCUT2D eigenvalue weighted by Crippen LogP contribution is -2.45. The van der Waals surface area contributed by atoms with Crippen LogP contribution < -0.4 is 5.73 Å². The topological polar surface area (TPSA) is 111 Å². The van der Waals surface area contributed by atoms with Crippen molar-refractivity contribution in [2.75, 3.05) is 12.8 Å². The second-order valence-electron chi connectivity index (χ2n) is 4.71. The first kappa shape index (κ1) is 13.9. The molecule has 0 aromatic carbocycles. The van der Waals surface area contributed by atoms with Crippen molar-refractivity contribution in [3.63, 3.8) is 0 Å². The molecule has 0 bridgehead atoms. The van der Waals surface area contributed by atoms with Crippen LogP contribution in [0.1, 0.15) is 29.8 Å². The quantitative estimate of drug-likeness (QED) is 0.778. The Morgan fingerprint density at radius 1 is 1.53 bits per heavy atom. The average Bonchev–Trinajstić information content (AvgIpc) is 2.77. The summed E-state index contributed by atoms with van der Waals surface area (Å²) >= 11 is 0. The molecule has 0 spiro atoms. The number of aromatic nitrogens is 3. The van der Waals surface area contributed by atoms with Gasteiger partial charge in [-0.15, -0.1) is 5.10 Å². The number of rotatable bonds is 4. The number of sulfonamides is 1. The molecule has 1 aliphatic rings. The molecule has 2 N–H and O–H groups in total. The van der Waals surface area contributed by atoms with Crippen molar-refractivity contribution in [3.8, 4) is 0 Å². The van der Waals surface area contributed by atoms with Crippen LogP contribution in [0.2, 0.25) is 0 Å². The second kappa shape index (κ2) is 5.25. The number of amides is 1. The molecule has 0 radical (unpaired) electrons. The van der Waals surface area contributed by atoms with Gasteiger partial charge in [-0.3, -0.25) is 9.48 Å². The Hall–Kier alpha value is -1.48. The second-order valence-corrected chi connectivity index (χ2v) is 6.65. The van der Waals surface area contributed by atoms with Crippen molar-refractivity contribution in [2.45, 2.75) is 31.8 Å². The van der Waals surface area contributed by atoms with Crippen molar-refractivity contribution >= 4 is 15.9 Å². The van der Waals surface area contributed by atoms with Gasteiger partial charge in [0.15, 0.2) is 5.69 Å². The first-order valence-electron chi connectivity index (χ1n) is 6.04. The first-order valence-corrected chi connectivity index (χ1v) is 7.89. The Kier molecular flexibility index (Phi) is 3.85. The summed E-state index contributed by atoms with van der Waals surface area (Å²) in [5.41, 5.74) is 5.18. The molecule has 1 aromatic rings. The molecule has 8 nitrogen and oxygen atoms in total. The monoisotopic (exact) mass is 287 g/mol. The summed E-state index contributed by atoms with van der Waals surface area (Å²) in [6.07, 6.45) is 5.28. The normalized spacial score (nSPS) is 21.4. The van der Waals surface area contributed by atoms with Crippen LogP contribution in [0.5, 0.6) is 0 Å². The minimum atomic E-state index is -3.22. The number of nitrogens with two attached hydrogens (primary N) is 1. The zero-order valence-electron chi connectivity index (χ0n) is 10.7. The minimum Gasteiger partial charge on any atom is -0.364 e. The summed E-state index contributed by atoms with van der Waals surface area (Å²) in [4.78, 5) is 10.9. The number of primary amides is 1. The van der Waals surface area contributed by atoms with Crippen LogP contribution in [-0.2, 0) is 16.6 Å². The predicted molar refractivity (Wildman–Crippen MR) is 67.7 cm³/mol. The lowest BCUT2D eigenvalue weighted by Gasteiger charge is -2.33. The number of carbonyl (C=O) groups excluding carboxylic acids is 1. The van der Waals surface area contributed by atoms with E-state index in [2.05, 4.69) is 10.3 Å². The van der Waals surface area contributed by atoms with E-state index < -0.39 is 15.9 Å². The maximum atomic E-state index is 11.7.